The third-order valence-electron chi connectivity index (χ3n) is 4.05. The summed E-state index contributed by atoms with van der Waals surface area (Å²) in [4.78, 5) is 1.56. The highest BCUT2D eigenvalue weighted by molar-refractivity contribution is 7.19. The van der Waals surface area contributed by atoms with Crippen molar-refractivity contribution in [3.8, 4) is 0 Å². The number of aryl methyl sites for hydroxylation is 2. The van der Waals surface area contributed by atoms with E-state index >= 15 is 0 Å². The number of hydrogen-bond acceptors (Lipinski definition) is 2. The fourth-order valence-corrected chi connectivity index (χ4v) is 4.18. The summed E-state index contributed by atoms with van der Waals surface area (Å²) in [5.74, 6) is 0.716. The molecule has 2 heteroatoms. The molecule has 0 unspecified atom stereocenters. The van der Waals surface area contributed by atoms with Crippen LogP contribution in [0.1, 0.15) is 48.3 Å². The van der Waals surface area contributed by atoms with Gasteiger partial charge in [-0.1, -0.05) is 31.5 Å². The van der Waals surface area contributed by atoms with Crippen molar-refractivity contribution in [3.05, 3.63) is 33.7 Å². The Hall–Kier alpha value is -0.860. The summed E-state index contributed by atoms with van der Waals surface area (Å²) >= 11 is 2.01. The van der Waals surface area contributed by atoms with Gasteiger partial charge in [-0.15, -0.1) is 11.3 Å². The fraction of sp³-hybridized carbons (Fsp3) is 0.556. The second-order valence-corrected chi connectivity index (χ2v) is 7.82. The Kier molecular flexibility index (Phi) is 3.87. The monoisotopic (exact) mass is 287 g/mol. The molecule has 1 aliphatic carbocycles. The van der Waals surface area contributed by atoms with Crippen molar-refractivity contribution < 1.29 is 0 Å². The fourth-order valence-electron chi connectivity index (χ4n) is 2.95. The maximum Gasteiger partial charge on any atom is 0.0378 e. The predicted octanol–water partition coefficient (Wildman–Crippen LogP) is 4.97. The van der Waals surface area contributed by atoms with Gasteiger partial charge in [0.1, 0.15) is 0 Å². The second kappa shape index (κ2) is 5.50. The highest BCUT2D eigenvalue weighted by Crippen LogP contribution is 2.36. The molecule has 108 valence electrons. The van der Waals surface area contributed by atoms with Crippen LogP contribution in [0.3, 0.4) is 0 Å². The summed E-state index contributed by atoms with van der Waals surface area (Å²) in [6.07, 6.45) is 3.93. The maximum absolute atomic E-state index is 3.69. The highest BCUT2D eigenvalue weighted by atomic mass is 32.1. The first-order valence-corrected chi connectivity index (χ1v) is 8.61. The molecule has 0 spiro atoms. The van der Waals surface area contributed by atoms with Gasteiger partial charge in [0, 0.05) is 22.2 Å². The molecule has 0 atom stereocenters. The van der Waals surface area contributed by atoms with Gasteiger partial charge >= 0.3 is 0 Å². The Balaban J connectivity index is 2.03. The molecule has 1 aromatic carbocycles. The van der Waals surface area contributed by atoms with E-state index in [2.05, 4.69) is 45.1 Å². The van der Waals surface area contributed by atoms with E-state index in [-0.39, 0.29) is 0 Å². The molecule has 2 aromatic rings. The van der Waals surface area contributed by atoms with Crippen LogP contribution in [0.2, 0.25) is 0 Å². The molecule has 0 aliphatic heterocycles. The predicted molar refractivity (Wildman–Crippen MR) is 89.7 cm³/mol. The second-order valence-electron chi connectivity index (χ2n) is 6.72. The van der Waals surface area contributed by atoms with Crippen LogP contribution < -0.4 is 5.32 Å². The highest BCUT2D eigenvalue weighted by Gasteiger charge is 2.22. The average Bonchev–Trinajstić information content (AvgIpc) is 3.12. The first kappa shape index (κ1) is 14.1. The van der Waals surface area contributed by atoms with E-state index in [1.54, 1.807) is 10.4 Å². The zero-order valence-electron chi connectivity index (χ0n) is 13.0. The summed E-state index contributed by atoms with van der Waals surface area (Å²) in [6, 6.07) is 5.49. The Labute approximate surface area is 126 Å². The molecule has 1 aliphatic rings. The Morgan fingerprint density at radius 1 is 1.25 bits per heavy atom. The number of fused-ring (bicyclic) bond motifs is 1. The number of nitrogens with one attached hydrogen (secondary N) is 1. The standard InChI is InChI=1S/C18H25NS/c1-11(2)7-15-16-9-12(3)8-13(4)18(16)20-17(15)10-19-14-5-6-14/h8-9,11,14,19H,5-7,10H2,1-4H3. The van der Waals surface area contributed by atoms with Crippen molar-refractivity contribution in [1.82, 2.24) is 5.32 Å². The van der Waals surface area contributed by atoms with Gasteiger partial charge in [0.25, 0.3) is 0 Å². The van der Waals surface area contributed by atoms with E-state index in [9.17, 15) is 0 Å². The molecule has 1 nitrogen and oxygen atoms in total. The quantitative estimate of drug-likeness (QED) is 0.819. The normalized spacial score (nSPS) is 15.4. The molecular formula is C18H25NS. The molecule has 1 aromatic heterocycles. The van der Waals surface area contributed by atoms with Crippen molar-refractivity contribution in [2.45, 2.75) is 59.5 Å². The molecule has 1 N–H and O–H groups in total. The lowest BCUT2D eigenvalue weighted by atomic mass is 9.97. The van der Waals surface area contributed by atoms with Crippen LogP contribution >= 0.6 is 11.3 Å². The Morgan fingerprint density at radius 2 is 2.00 bits per heavy atom. The molecule has 0 bridgehead atoms. The first-order valence-electron chi connectivity index (χ1n) is 7.79. The van der Waals surface area contributed by atoms with Crippen LogP contribution in [0.4, 0.5) is 0 Å². The zero-order valence-corrected chi connectivity index (χ0v) is 13.9. The van der Waals surface area contributed by atoms with Gasteiger partial charge in [-0.25, -0.2) is 0 Å². The Morgan fingerprint density at radius 3 is 2.65 bits per heavy atom. The lowest BCUT2D eigenvalue weighted by Gasteiger charge is -2.09. The van der Waals surface area contributed by atoms with Gasteiger partial charge in [-0.2, -0.15) is 0 Å². The number of benzene rings is 1. The summed E-state index contributed by atoms with van der Waals surface area (Å²) in [7, 11) is 0. The number of thiophene rings is 1. The van der Waals surface area contributed by atoms with Crippen LogP contribution in [-0.2, 0) is 13.0 Å². The third kappa shape index (κ3) is 2.91. The SMILES string of the molecule is Cc1cc(C)c2sc(CNC3CC3)c(CC(C)C)c2c1. The van der Waals surface area contributed by atoms with E-state index in [0.29, 0.717) is 5.92 Å². The van der Waals surface area contributed by atoms with Crippen molar-refractivity contribution in [2.24, 2.45) is 5.92 Å². The van der Waals surface area contributed by atoms with Gasteiger partial charge in [-0.05, 0) is 55.5 Å². The largest absolute Gasteiger partial charge is 0.309 e. The first-order chi connectivity index (χ1) is 9.54. The van der Waals surface area contributed by atoms with Crippen LogP contribution in [0.15, 0.2) is 12.1 Å². The lowest BCUT2D eigenvalue weighted by Crippen LogP contribution is -2.15. The molecule has 3 rings (SSSR count). The van der Waals surface area contributed by atoms with E-state index in [1.165, 1.54) is 40.5 Å². The Bertz CT molecular complexity index is 620. The minimum absolute atomic E-state index is 0.716. The lowest BCUT2D eigenvalue weighted by molar-refractivity contribution is 0.637. The minimum atomic E-state index is 0.716. The molecule has 20 heavy (non-hydrogen) atoms. The number of hydrogen-bond donors (Lipinski definition) is 1. The summed E-state index contributed by atoms with van der Waals surface area (Å²) < 4.78 is 1.50. The van der Waals surface area contributed by atoms with Crippen LogP contribution in [0.5, 0.6) is 0 Å². The third-order valence-corrected chi connectivity index (χ3v) is 5.43. The maximum atomic E-state index is 3.69. The van der Waals surface area contributed by atoms with Gasteiger partial charge in [0.05, 0.1) is 0 Å². The van der Waals surface area contributed by atoms with Gasteiger partial charge in [0.2, 0.25) is 0 Å². The van der Waals surface area contributed by atoms with Crippen molar-refractivity contribution in [1.29, 1.82) is 0 Å². The van der Waals surface area contributed by atoms with Gasteiger partial charge in [-0.3, -0.25) is 0 Å². The van der Waals surface area contributed by atoms with Crippen molar-refractivity contribution in [2.75, 3.05) is 0 Å². The van der Waals surface area contributed by atoms with E-state index in [0.717, 1.165) is 12.6 Å². The van der Waals surface area contributed by atoms with E-state index < -0.39 is 0 Å². The summed E-state index contributed by atoms with van der Waals surface area (Å²) in [5.41, 5.74) is 4.42. The summed E-state index contributed by atoms with van der Waals surface area (Å²) in [5, 5.41) is 5.20. The molecular weight excluding hydrogens is 262 g/mol. The molecule has 0 amide bonds. The van der Waals surface area contributed by atoms with E-state index in [4.69, 9.17) is 0 Å². The molecule has 0 saturated heterocycles. The van der Waals surface area contributed by atoms with E-state index in [1.807, 2.05) is 11.3 Å². The van der Waals surface area contributed by atoms with Crippen LogP contribution in [0, 0.1) is 19.8 Å². The molecule has 1 fully saturated rings. The smallest absolute Gasteiger partial charge is 0.0378 e. The minimum Gasteiger partial charge on any atom is -0.309 e. The van der Waals surface area contributed by atoms with Crippen molar-refractivity contribution >= 4 is 21.4 Å². The van der Waals surface area contributed by atoms with Crippen LogP contribution in [0.25, 0.3) is 10.1 Å². The summed E-state index contributed by atoms with van der Waals surface area (Å²) in [6.45, 7) is 10.2. The topological polar surface area (TPSA) is 12.0 Å². The van der Waals surface area contributed by atoms with Crippen LogP contribution in [-0.4, -0.2) is 6.04 Å². The van der Waals surface area contributed by atoms with Gasteiger partial charge in [0.15, 0.2) is 0 Å². The van der Waals surface area contributed by atoms with Crippen molar-refractivity contribution in [3.63, 3.8) is 0 Å². The van der Waals surface area contributed by atoms with Gasteiger partial charge < -0.3 is 5.32 Å². The average molecular weight is 287 g/mol. The molecule has 1 heterocycles. The zero-order chi connectivity index (χ0) is 14.3. The molecule has 1 saturated carbocycles. The number of rotatable bonds is 5. The molecule has 0 radical (unpaired) electrons.